The topological polar surface area (TPSA) is 42.4 Å². The van der Waals surface area contributed by atoms with Crippen molar-refractivity contribution in [1.29, 1.82) is 0 Å². The Hall–Kier alpha value is -0.931. The zero-order chi connectivity index (χ0) is 9.80. The van der Waals surface area contributed by atoms with E-state index in [-0.39, 0.29) is 0 Å². The molecule has 1 N–H and O–H groups in total. The second-order valence-corrected chi connectivity index (χ2v) is 3.67. The van der Waals surface area contributed by atoms with Crippen LogP contribution in [-0.4, -0.2) is 24.8 Å². The molecule has 0 amide bonds. The number of benzene rings is 1. The standard InChI is InChI=1S/C10H9NO2Se/c12-14-13-7-8-3-4-9-2-1-5-11-10(9)6-8/h1-6,12H,7H2. The van der Waals surface area contributed by atoms with Gasteiger partial charge in [-0.25, -0.2) is 0 Å². The first-order valence-electron chi connectivity index (χ1n) is 4.17. The molecule has 2 aromatic rings. The number of hydrogen-bond acceptors (Lipinski definition) is 3. The average Bonchev–Trinajstić information content (AvgIpc) is 2.26. The van der Waals surface area contributed by atoms with Gasteiger partial charge in [0.15, 0.2) is 0 Å². The molecule has 2 rings (SSSR count). The van der Waals surface area contributed by atoms with Gasteiger partial charge in [0.2, 0.25) is 0 Å². The summed E-state index contributed by atoms with van der Waals surface area (Å²) in [6, 6.07) is 9.89. The first-order valence-corrected chi connectivity index (χ1v) is 5.63. The summed E-state index contributed by atoms with van der Waals surface area (Å²) in [7, 11) is 0. The van der Waals surface area contributed by atoms with Crippen molar-refractivity contribution < 1.29 is 8.01 Å². The molecule has 1 aromatic heterocycles. The van der Waals surface area contributed by atoms with Crippen LogP contribution in [0.3, 0.4) is 0 Å². The van der Waals surface area contributed by atoms with E-state index in [4.69, 9.17) is 8.01 Å². The van der Waals surface area contributed by atoms with Crippen molar-refractivity contribution in [1.82, 2.24) is 4.98 Å². The minimum absolute atomic E-state index is 0.447. The van der Waals surface area contributed by atoms with Gasteiger partial charge in [0, 0.05) is 0 Å². The predicted octanol–water partition coefficient (Wildman–Crippen LogP) is 1.28. The SMILES string of the molecule is O[Se]OCc1ccc2cccnc2c1. The number of aromatic nitrogens is 1. The molecular formula is C10H9NO2Se. The van der Waals surface area contributed by atoms with Crippen molar-refractivity contribution in [3.8, 4) is 0 Å². The van der Waals surface area contributed by atoms with E-state index in [0.29, 0.717) is 6.61 Å². The van der Waals surface area contributed by atoms with Crippen LogP contribution in [0.1, 0.15) is 5.56 Å². The second-order valence-electron chi connectivity index (χ2n) is 2.87. The Morgan fingerprint density at radius 2 is 2.29 bits per heavy atom. The summed E-state index contributed by atoms with van der Waals surface area (Å²) in [4.78, 5) is 4.24. The summed E-state index contributed by atoms with van der Waals surface area (Å²) < 4.78 is 13.5. The molecule has 0 saturated heterocycles. The van der Waals surface area contributed by atoms with Gasteiger partial charge in [0.05, 0.1) is 0 Å². The Morgan fingerprint density at radius 1 is 1.36 bits per heavy atom. The molecule has 0 spiro atoms. The second kappa shape index (κ2) is 4.53. The van der Waals surface area contributed by atoms with Gasteiger partial charge in [0.25, 0.3) is 0 Å². The first kappa shape index (κ1) is 9.62. The van der Waals surface area contributed by atoms with E-state index in [1.165, 1.54) is 0 Å². The van der Waals surface area contributed by atoms with Crippen LogP contribution in [0.5, 0.6) is 0 Å². The van der Waals surface area contributed by atoms with Crippen molar-refractivity contribution in [3.63, 3.8) is 0 Å². The summed E-state index contributed by atoms with van der Waals surface area (Å²) in [5.41, 5.74) is 1.99. The fraction of sp³-hybridized carbons (Fsp3) is 0.100. The maximum atomic E-state index is 8.57. The molecule has 0 bridgehead atoms. The van der Waals surface area contributed by atoms with Crippen molar-refractivity contribution in [2.24, 2.45) is 0 Å². The van der Waals surface area contributed by atoms with Crippen LogP contribution in [0.2, 0.25) is 0 Å². The fourth-order valence-electron chi connectivity index (χ4n) is 1.30. The van der Waals surface area contributed by atoms with Gasteiger partial charge in [-0.1, -0.05) is 0 Å². The summed E-state index contributed by atoms with van der Waals surface area (Å²) in [6.07, 6.45) is 1.77. The molecule has 0 radical (unpaired) electrons. The van der Waals surface area contributed by atoms with Crippen LogP contribution >= 0.6 is 0 Å². The number of fused-ring (bicyclic) bond motifs is 1. The number of pyridine rings is 1. The van der Waals surface area contributed by atoms with E-state index in [9.17, 15) is 0 Å². The zero-order valence-electron chi connectivity index (χ0n) is 7.38. The van der Waals surface area contributed by atoms with Crippen LogP contribution < -0.4 is 0 Å². The van der Waals surface area contributed by atoms with E-state index in [2.05, 4.69) is 4.98 Å². The molecule has 14 heavy (non-hydrogen) atoms. The van der Waals surface area contributed by atoms with Crippen molar-refractivity contribution in [2.75, 3.05) is 0 Å². The van der Waals surface area contributed by atoms with Crippen molar-refractivity contribution in [3.05, 3.63) is 42.1 Å². The molecule has 0 aliphatic carbocycles. The van der Waals surface area contributed by atoms with E-state index in [1.54, 1.807) is 6.20 Å². The third-order valence-electron chi connectivity index (χ3n) is 1.95. The van der Waals surface area contributed by atoms with Crippen LogP contribution in [-0.2, 0) is 10.4 Å². The quantitative estimate of drug-likeness (QED) is 0.839. The van der Waals surface area contributed by atoms with E-state index in [0.717, 1.165) is 16.5 Å². The molecule has 3 nitrogen and oxygen atoms in total. The van der Waals surface area contributed by atoms with Gasteiger partial charge >= 0.3 is 88.2 Å². The summed E-state index contributed by atoms with van der Waals surface area (Å²) in [5, 5.41) is 1.12. The molecular weight excluding hydrogens is 245 g/mol. The monoisotopic (exact) mass is 255 g/mol. The molecule has 72 valence electrons. The molecule has 4 heteroatoms. The average molecular weight is 254 g/mol. The van der Waals surface area contributed by atoms with Crippen molar-refractivity contribution in [2.45, 2.75) is 6.61 Å². The van der Waals surface area contributed by atoms with Crippen molar-refractivity contribution >= 4 is 26.5 Å². The summed E-state index contributed by atoms with van der Waals surface area (Å²) >= 11 is -0.723. The molecule has 1 heterocycles. The van der Waals surface area contributed by atoms with Crippen LogP contribution in [0.15, 0.2) is 36.5 Å². The Morgan fingerprint density at radius 3 is 3.14 bits per heavy atom. The molecule has 0 unspecified atom stereocenters. The zero-order valence-corrected chi connectivity index (χ0v) is 9.10. The third kappa shape index (κ3) is 2.11. The predicted molar refractivity (Wildman–Crippen MR) is 54.5 cm³/mol. The van der Waals surface area contributed by atoms with Gasteiger partial charge in [0.1, 0.15) is 0 Å². The summed E-state index contributed by atoms with van der Waals surface area (Å²) in [6.45, 7) is 0.447. The van der Waals surface area contributed by atoms with E-state index in [1.807, 2.05) is 30.3 Å². The molecule has 0 aliphatic rings. The summed E-state index contributed by atoms with van der Waals surface area (Å²) in [5.74, 6) is 0. The fourth-order valence-corrected chi connectivity index (χ4v) is 1.69. The van der Waals surface area contributed by atoms with E-state index >= 15 is 0 Å². The van der Waals surface area contributed by atoms with Crippen LogP contribution in [0, 0.1) is 0 Å². The Labute approximate surface area is 88.5 Å². The Balaban J connectivity index is 2.32. The molecule has 0 atom stereocenters. The first-order chi connectivity index (χ1) is 6.90. The molecule has 0 aliphatic heterocycles. The minimum atomic E-state index is -0.723. The Bertz CT molecular complexity index is 433. The third-order valence-corrected chi connectivity index (χ3v) is 2.42. The van der Waals surface area contributed by atoms with Gasteiger partial charge < -0.3 is 0 Å². The van der Waals surface area contributed by atoms with Gasteiger partial charge in [-0.2, -0.15) is 0 Å². The van der Waals surface area contributed by atoms with Gasteiger partial charge in [-0.3, -0.25) is 0 Å². The number of nitrogens with zero attached hydrogens (tertiary/aromatic N) is 1. The van der Waals surface area contributed by atoms with E-state index < -0.39 is 15.6 Å². The Kier molecular flexibility index (Phi) is 3.11. The van der Waals surface area contributed by atoms with Crippen LogP contribution in [0.25, 0.3) is 10.9 Å². The van der Waals surface area contributed by atoms with Gasteiger partial charge in [-0.15, -0.1) is 0 Å². The van der Waals surface area contributed by atoms with Gasteiger partial charge in [-0.05, 0) is 0 Å². The molecule has 0 fully saturated rings. The maximum absolute atomic E-state index is 8.57. The normalized spacial score (nSPS) is 10.6. The van der Waals surface area contributed by atoms with Crippen LogP contribution in [0.4, 0.5) is 0 Å². The molecule has 1 aromatic carbocycles. The number of rotatable bonds is 3. The number of hydrogen-bond donors (Lipinski definition) is 1. The molecule has 0 saturated carbocycles.